The third-order valence-corrected chi connectivity index (χ3v) is 5.10. The van der Waals surface area contributed by atoms with Crippen LogP contribution in [0.15, 0.2) is 53.5 Å². The fourth-order valence-corrected chi connectivity index (χ4v) is 3.41. The summed E-state index contributed by atoms with van der Waals surface area (Å²) in [6, 6.07) is 16.9. The number of benzene rings is 2. The lowest BCUT2D eigenvalue weighted by atomic mass is 10.1. The Kier molecular flexibility index (Phi) is 11.0. The summed E-state index contributed by atoms with van der Waals surface area (Å²) in [5, 5.41) is 6.75. The molecule has 1 saturated heterocycles. The van der Waals surface area contributed by atoms with E-state index in [-0.39, 0.29) is 24.0 Å². The Morgan fingerprint density at radius 2 is 1.73 bits per heavy atom. The molecule has 2 aromatic rings. The Labute approximate surface area is 197 Å². The van der Waals surface area contributed by atoms with Gasteiger partial charge in [0.2, 0.25) is 0 Å². The van der Waals surface area contributed by atoms with E-state index in [2.05, 4.69) is 50.9 Å². The second-order valence-corrected chi connectivity index (χ2v) is 7.12. The van der Waals surface area contributed by atoms with Crippen molar-refractivity contribution >= 4 is 29.9 Å². The third kappa shape index (κ3) is 7.77. The number of nitrogens with one attached hydrogen (secondary N) is 2. The molecule has 7 heteroatoms. The van der Waals surface area contributed by atoms with Gasteiger partial charge in [-0.1, -0.05) is 42.5 Å². The molecular formula is C23H33IN4O2. The Balaban J connectivity index is 0.00000320. The second kappa shape index (κ2) is 13.5. The van der Waals surface area contributed by atoms with Gasteiger partial charge in [0.1, 0.15) is 5.75 Å². The lowest BCUT2D eigenvalue weighted by Crippen LogP contribution is -2.37. The highest BCUT2D eigenvalue weighted by molar-refractivity contribution is 14.0. The van der Waals surface area contributed by atoms with Gasteiger partial charge in [-0.25, -0.2) is 0 Å². The fraction of sp³-hybridized carbons (Fsp3) is 0.435. The predicted octanol–water partition coefficient (Wildman–Crippen LogP) is 3.05. The van der Waals surface area contributed by atoms with Crippen LogP contribution in [0.25, 0.3) is 0 Å². The molecule has 0 aromatic heterocycles. The molecule has 0 spiro atoms. The zero-order chi connectivity index (χ0) is 20.3. The predicted molar refractivity (Wildman–Crippen MR) is 133 cm³/mol. The first kappa shape index (κ1) is 24.4. The van der Waals surface area contributed by atoms with Gasteiger partial charge in [0, 0.05) is 39.8 Å². The van der Waals surface area contributed by atoms with Crippen molar-refractivity contribution in [2.24, 2.45) is 4.99 Å². The Bertz CT molecular complexity index is 777. The van der Waals surface area contributed by atoms with Crippen LogP contribution in [0.3, 0.4) is 0 Å². The molecule has 2 aromatic carbocycles. The lowest BCUT2D eigenvalue weighted by molar-refractivity contribution is 0.0342. The van der Waals surface area contributed by atoms with Crippen molar-refractivity contribution < 1.29 is 9.47 Å². The van der Waals surface area contributed by atoms with Crippen LogP contribution in [-0.2, 0) is 24.2 Å². The minimum Gasteiger partial charge on any atom is -0.496 e. The van der Waals surface area contributed by atoms with Gasteiger partial charge >= 0.3 is 0 Å². The maximum Gasteiger partial charge on any atom is 0.191 e. The van der Waals surface area contributed by atoms with E-state index in [4.69, 9.17) is 9.47 Å². The summed E-state index contributed by atoms with van der Waals surface area (Å²) in [5.74, 6) is 1.73. The van der Waals surface area contributed by atoms with E-state index in [1.165, 1.54) is 16.7 Å². The molecule has 1 aliphatic rings. The summed E-state index contributed by atoms with van der Waals surface area (Å²) in [7, 11) is 3.50. The van der Waals surface area contributed by atoms with E-state index in [0.717, 1.165) is 64.1 Å². The van der Waals surface area contributed by atoms with Gasteiger partial charge in [-0.2, -0.15) is 0 Å². The van der Waals surface area contributed by atoms with Crippen LogP contribution in [0.1, 0.15) is 16.7 Å². The molecule has 2 N–H and O–H groups in total. The van der Waals surface area contributed by atoms with Gasteiger partial charge in [-0.15, -0.1) is 24.0 Å². The number of para-hydroxylation sites is 1. The molecule has 0 atom stereocenters. The number of hydrogen-bond donors (Lipinski definition) is 2. The smallest absolute Gasteiger partial charge is 0.191 e. The maximum atomic E-state index is 5.41. The molecule has 3 rings (SSSR count). The van der Waals surface area contributed by atoms with Crippen LogP contribution in [0, 0.1) is 0 Å². The van der Waals surface area contributed by atoms with Crippen LogP contribution in [0.4, 0.5) is 0 Å². The minimum absolute atomic E-state index is 0. The van der Waals surface area contributed by atoms with Crippen LogP contribution in [0.5, 0.6) is 5.75 Å². The van der Waals surface area contributed by atoms with Crippen molar-refractivity contribution in [3.63, 3.8) is 0 Å². The normalized spacial score (nSPS) is 14.7. The lowest BCUT2D eigenvalue weighted by Gasteiger charge is -2.26. The Morgan fingerprint density at radius 3 is 2.43 bits per heavy atom. The molecule has 1 heterocycles. The van der Waals surface area contributed by atoms with Crippen molar-refractivity contribution in [3.05, 3.63) is 65.2 Å². The molecule has 0 amide bonds. The molecule has 0 unspecified atom stereocenters. The first-order chi connectivity index (χ1) is 14.3. The summed E-state index contributed by atoms with van der Waals surface area (Å²) in [6.07, 6.45) is 0.876. The number of guanidine groups is 1. The first-order valence-corrected chi connectivity index (χ1v) is 10.2. The van der Waals surface area contributed by atoms with Gasteiger partial charge in [-0.05, 0) is 29.2 Å². The molecule has 1 aliphatic heterocycles. The van der Waals surface area contributed by atoms with Gasteiger partial charge < -0.3 is 20.1 Å². The Hall–Kier alpha value is -1.84. The van der Waals surface area contributed by atoms with Crippen LogP contribution < -0.4 is 15.4 Å². The van der Waals surface area contributed by atoms with Crippen LogP contribution in [0.2, 0.25) is 0 Å². The van der Waals surface area contributed by atoms with Crippen molar-refractivity contribution in [2.45, 2.75) is 19.5 Å². The van der Waals surface area contributed by atoms with Crippen LogP contribution in [-0.4, -0.2) is 57.9 Å². The quantitative estimate of drug-likeness (QED) is 0.316. The molecule has 164 valence electrons. The monoisotopic (exact) mass is 524 g/mol. The number of halogens is 1. The first-order valence-electron chi connectivity index (χ1n) is 10.2. The Morgan fingerprint density at radius 1 is 1.03 bits per heavy atom. The summed E-state index contributed by atoms with van der Waals surface area (Å²) >= 11 is 0. The highest BCUT2D eigenvalue weighted by Crippen LogP contribution is 2.17. The van der Waals surface area contributed by atoms with E-state index in [9.17, 15) is 0 Å². The number of methoxy groups -OCH3 is 1. The van der Waals surface area contributed by atoms with E-state index in [1.807, 2.05) is 18.2 Å². The largest absolute Gasteiger partial charge is 0.496 e. The summed E-state index contributed by atoms with van der Waals surface area (Å²) in [6.45, 7) is 6.23. The molecule has 30 heavy (non-hydrogen) atoms. The van der Waals surface area contributed by atoms with Crippen molar-refractivity contribution in [1.82, 2.24) is 15.5 Å². The van der Waals surface area contributed by atoms with Crippen molar-refractivity contribution in [2.75, 3.05) is 47.0 Å². The van der Waals surface area contributed by atoms with E-state index in [1.54, 1.807) is 14.2 Å². The maximum absolute atomic E-state index is 5.41. The fourth-order valence-electron chi connectivity index (χ4n) is 3.41. The molecule has 0 bridgehead atoms. The number of hydrogen-bond acceptors (Lipinski definition) is 4. The van der Waals surface area contributed by atoms with Crippen molar-refractivity contribution in [1.29, 1.82) is 0 Å². The average Bonchev–Trinajstić information content (AvgIpc) is 2.78. The molecule has 0 radical (unpaired) electrons. The topological polar surface area (TPSA) is 58.1 Å². The SMILES string of the molecule is CN=C(NCCc1ccccc1OC)NCc1ccc(CN2CCOCC2)cc1.I. The zero-order valence-corrected chi connectivity index (χ0v) is 20.2. The average molecular weight is 524 g/mol. The number of morpholine rings is 1. The summed E-state index contributed by atoms with van der Waals surface area (Å²) in [4.78, 5) is 6.75. The molecule has 0 saturated carbocycles. The van der Waals surface area contributed by atoms with Gasteiger partial charge in [0.05, 0.1) is 20.3 Å². The highest BCUT2D eigenvalue weighted by atomic mass is 127. The van der Waals surface area contributed by atoms with Crippen molar-refractivity contribution in [3.8, 4) is 5.75 Å². The zero-order valence-electron chi connectivity index (χ0n) is 17.9. The van der Waals surface area contributed by atoms with E-state index >= 15 is 0 Å². The number of nitrogens with zero attached hydrogens (tertiary/aromatic N) is 2. The van der Waals surface area contributed by atoms with E-state index < -0.39 is 0 Å². The van der Waals surface area contributed by atoms with E-state index in [0.29, 0.717) is 0 Å². The number of ether oxygens (including phenoxy) is 2. The number of rotatable bonds is 8. The summed E-state index contributed by atoms with van der Waals surface area (Å²) < 4.78 is 10.8. The van der Waals surface area contributed by atoms with Gasteiger partial charge in [-0.3, -0.25) is 9.89 Å². The second-order valence-electron chi connectivity index (χ2n) is 7.12. The number of aliphatic imine (C=N–C) groups is 1. The van der Waals surface area contributed by atoms with Crippen LogP contribution >= 0.6 is 24.0 Å². The molecular weight excluding hydrogens is 491 g/mol. The highest BCUT2D eigenvalue weighted by Gasteiger charge is 2.10. The molecule has 0 aliphatic carbocycles. The summed E-state index contributed by atoms with van der Waals surface area (Å²) in [5.41, 5.74) is 3.77. The van der Waals surface area contributed by atoms with Gasteiger partial charge in [0.25, 0.3) is 0 Å². The molecule has 1 fully saturated rings. The third-order valence-electron chi connectivity index (χ3n) is 5.10. The van der Waals surface area contributed by atoms with Gasteiger partial charge in [0.15, 0.2) is 5.96 Å². The minimum atomic E-state index is 0. The standard InChI is InChI=1S/C23H32N4O2.HI/c1-24-23(25-12-11-21-5-3-4-6-22(21)28-2)26-17-19-7-9-20(10-8-19)18-27-13-15-29-16-14-27;/h3-10H,11-18H2,1-2H3,(H2,24,25,26);1H. The molecule has 6 nitrogen and oxygen atoms in total.